The van der Waals surface area contributed by atoms with E-state index in [1.54, 1.807) is 28.0 Å². The average molecular weight is 486 g/mol. The summed E-state index contributed by atoms with van der Waals surface area (Å²) >= 11 is 0. The summed E-state index contributed by atoms with van der Waals surface area (Å²) < 4.78 is 3.47. The van der Waals surface area contributed by atoms with Gasteiger partial charge in [0.1, 0.15) is 5.69 Å². The second-order valence-electron chi connectivity index (χ2n) is 10.2. The van der Waals surface area contributed by atoms with Crippen LogP contribution in [0, 0.1) is 0 Å². The van der Waals surface area contributed by atoms with E-state index in [0.29, 0.717) is 18.1 Å². The summed E-state index contributed by atoms with van der Waals surface area (Å²) in [7, 11) is 1.86. The molecule has 1 aliphatic heterocycles. The van der Waals surface area contributed by atoms with Crippen LogP contribution in [-0.4, -0.2) is 47.1 Å². The van der Waals surface area contributed by atoms with Gasteiger partial charge in [-0.15, -0.1) is 5.10 Å². The molecule has 0 saturated carbocycles. The highest BCUT2D eigenvalue weighted by molar-refractivity contribution is 5.94. The van der Waals surface area contributed by atoms with E-state index in [1.165, 1.54) is 11.1 Å². The van der Waals surface area contributed by atoms with E-state index in [9.17, 15) is 4.79 Å². The zero-order valence-electron chi connectivity index (χ0n) is 21.1. The predicted molar refractivity (Wildman–Crippen MR) is 137 cm³/mol. The Morgan fingerprint density at radius 1 is 1.22 bits per heavy atom. The molecule has 0 radical (unpaired) electrons. The molecule has 4 heterocycles. The van der Waals surface area contributed by atoms with Crippen LogP contribution in [0.3, 0.4) is 0 Å². The van der Waals surface area contributed by atoms with Crippen molar-refractivity contribution in [1.29, 1.82) is 0 Å². The molecule has 1 aromatic carbocycles. The minimum Gasteiger partial charge on any atom is -0.321 e. The van der Waals surface area contributed by atoms with Crippen molar-refractivity contribution in [3.63, 3.8) is 0 Å². The SMILES string of the molecule is Cn1cc(Nc2nccc(-c3ccc4c(c3)CNCC[C@H]4CC(=O)c3cn(C(C)(C)C)nn3)n2)cn1. The Bertz CT molecular complexity index is 1380. The Hall–Kier alpha value is -3.92. The largest absolute Gasteiger partial charge is 0.321 e. The molecule has 0 spiro atoms. The van der Waals surface area contributed by atoms with E-state index in [1.807, 2.05) is 40.1 Å². The van der Waals surface area contributed by atoms with Crippen LogP contribution in [0.5, 0.6) is 0 Å². The number of aromatic nitrogens is 7. The molecule has 0 fully saturated rings. The van der Waals surface area contributed by atoms with Crippen LogP contribution >= 0.6 is 0 Å². The lowest BCUT2D eigenvalue weighted by atomic mass is 9.87. The first kappa shape index (κ1) is 23.8. The van der Waals surface area contributed by atoms with Crippen molar-refractivity contribution < 1.29 is 4.79 Å². The minimum atomic E-state index is -0.213. The van der Waals surface area contributed by atoms with Gasteiger partial charge in [0.05, 0.1) is 29.3 Å². The predicted octanol–water partition coefficient (Wildman–Crippen LogP) is 3.82. The average Bonchev–Trinajstić information content (AvgIpc) is 3.46. The lowest BCUT2D eigenvalue weighted by Gasteiger charge is -2.18. The topological polar surface area (TPSA) is 115 Å². The van der Waals surface area contributed by atoms with Crippen LogP contribution in [0.15, 0.2) is 49.1 Å². The molecule has 0 saturated heterocycles. The highest BCUT2D eigenvalue weighted by Crippen LogP contribution is 2.33. The van der Waals surface area contributed by atoms with Crippen molar-refractivity contribution >= 4 is 17.4 Å². The summed E-state index contributed by atoms with van der Waals surface area (Å²) in [6.07, 6.45) is 8.40. The third-order valence-corrected chi connectivity index (χ3v) is 6.38. The van der Waals surface area contributed by atoms with Crippen molar-refractivity contribution in [2.45, 2.75) is 51.6 Å². The van der Waals surface area contributed by atoms with Crippen molar-refractivity contribution in [3.8, 4) is 11.3 Å². The molecule has 0 bridgehead atoms. The summed E-state index contributed by atoms with van der Waals surface area (Å²) in [5.74, 6) is 0.652. The van der Waals surface area contributed by atoms with Crippen LogP contribution in [0.4, 0.5) is 11.6 Å². The molecule has 3 aromatic heterocycles. The van der Waals surface area contributed by atoms with Crippen molar-refractivity contribution in [1.82, 2.24) is 40.1 Å². The second-order valence-corrected chi connectivity index (χ2v) is 10.2. The Morgan fingerprint density at radius 3 is 2.83 bits per heavy atom. The standard InChI is InChI=1S/C26H31N9O/c1-26(2,3)35-16-23(32-33-35)24(36)12-17-7-9-27-13-19-11-18(5-6-21(17)19)22-8-10-28-25(31-22)30-20-14-29-34(4)15-20/h5-6,8,10-11,14-17,27H,7,9,12-13H2,1-4H3,(H,28,30,31)/t17-/m0/s1. The smallest absolute Gasteiger partial charge is 0.227 e. The van der Waals surface area contributed by atoms with E-state index in [0.717, 1.165) is 36.5 Å². The van der Waals surface area contributed by atoms with Crippen molar-refractivity contribution in [3.05, 3.63) is 65.9 Å². The molecule has 0 aliphatic carbocycles. The zero-order chi connectivity index (χ0) is 25.3. The maximum Gasteiger partial charge on any atom is 0.227 e. The fourth-order valence-corrected chi connectivity index (χ4v) is 4.43. The van der Waals surface area contributed by atoms with Crippen molar-refractivity contribution in [2.75, 3.05) is 11.9 Å². The summed E-state index contributed by atoms with van der Waals surface area (Å²) in [5, 5.41) is 19.2. The van der Waals surface area contributed by atoms with Gasteiger partial charge in [0.25, 0.3) is 0 Å². The van der Waals surface area contributed by atoms with Crippen LogP contribution in [0.2, 0.25) is 0 Å². The number of aryl methyl sites for hydroxylation is 1. The molecule has 5 rings (SSSR count). The molecule has 1 aliphatic rings. The Labute approximate surface area is 210 Å². The summed E-state index contributed by atoms with van der Waals surface area (Å²) in [6, 6.07) is 8.28. The van der Waals surface area contributed by atoms with Crippen LogP contribution < -0.4 is 10.6 Å². The highest BCUT2D eigenvalue weighted by Gasteiger charge is 2.25. The number of hydrogen-bond acceptors (Lipinski definition) is 8. The first-order valence-corrected chi connectivity index (χ1v) is 12.1. The number of fused-ring (bicyclic) bond motifs is 1. The quantitative estimate of drug-likeness (QED) is 0.396. The van der Waals surface area contributed by atoms with E-state index in [-0.39, 0.29) is 17.2 Å². The fraction of sp³-hybridized carbons (Fsp3) is 0.385. The van der Waals surface area contributed by atoms with Gasteiger partial charge in [0.15, 0.2) is 5.78 Å². The van der Waals surface area contributed by atoms with Gasteiger partial charge >= 0.3 is 0 Å². The molecule has 1 atom stereocenters. The Balaban J connectivity index is 1.36. The van der Waals surface area contributed by atoms with Crippen LogP contribution in [0.1, 0.15) is 61.1 Å². The second kappa shape index (κ2) is 9.62. The van der Waals surface area contributed by atoms with E-state index in [4.69, 9.17) is 4.98 Å². The third-order valence-electron chi connectivity index (χ3n) is 6.38. The number of nitrogens with one attached hydrogen (secondary N) is 2. The molecule has 0 unspecified atom stereocenters. The number of nitrogens with zero attached hydrogens (tertiary/aromatic N) is 7. The first-order chi connectivity index (χ1) is 17.3. The van der Waals surface area contributed by atoms with Gasteiger partial charge in [-0.2, -0.15) is 5.10 Å². The molecule has 0 amide bonds. The molecular formula is C26H31N9O. The molecule has 10 nitrogen and oxygen atoms in total. The maximum absolute atomic E-state index is 13.1. The molecular weight excluding hydrogens is 454 g/mol. The zero-order valence-corrected chi connectivity index (χ0v) is 21.1. The van der Waals surface area contributed by atoms with Gasteiger partial charge in [-0.05, 0) is 62.9 Å². The Morgan fingerprint density at radius 2 is 2.08 bits per heavy atom. The highest BCUT2D eigenvalue weighted by atomic mass is 16.1. The number of Topliss-reactive ketones (excluding diaryl/α,β-unsaturated/α-hetero) is 1. The fourth-order valence-electron chi connectivity index (χ4n) is 4.43. The van der Waals surface area contributed by atoms with Gasteiger partial charge < -0.3 is 10.6 Å². The lowest BCUT2D eigenvalue weighted by molar-refractivity contribution is 0.0967. The monoisotopic (exact) mass is 485 g/mol. The molecule has 10 heteroatoms. The van der Waals surface area contributed by atoms with Gasteiger partial charge in [-0.3, -0.25) is 9.48 Å². The number of anilines is 2. The number of rotatable bonds is 6. The molecule has 4 aromatic rings. The van der Waals surface area contributed by atoms with Crippen molar-refractivity contribution in [2.24, 2.45) is 7.05 Å². The number of hydrogen-bond donors (Lipinski definition) is 2. The number of ketones is 1. The van der Waals surface area contributed by atoms with E-state index in [2.05, 4.69) is 49.2 Å². The molecule has 36 heavy (non-hydrogen) atoms. The summed E-state index contributed by atoms with van der Waals surface area (Å²) in [4.78, 5) is 22.1. The van der Waals surface area contributed by atoms with Crippen LogP contribution in [0.25, 0.3) is 11.3 Å². The van der Waals surface area contributed by atoms with Crippen LogP contribution in [-0.2, 0) is 19.1 Å². The van der Waals surface area contributed by atoms with Gasteiger partial charge in [0.2, 0.25) is 5.95 Å². The third kappa shape index (κ3) is 5.18. The lowest BCUT2D eigenvalue weighted by Crippen LogP contribution is -2.22. The van der Waals surface area contributed by atoms with E-state index >= 15 is 0 Å². The number of carbonyl (C=O) groups excluding carboxylic acids is 1. The first-order valence-electron chi connectivity index (χ1n) is 12.1. The summed E-state index contributed by atoms with van der Waals surface area (Å²) in [5.41, 5.74) is 5.26. The molecule has 186 valence electrons. The maximum atomic E-state index is 13.1. The Kier molecular flexibility index (Phi) is 6.36. The van der Waals surface area contributed by atoms with E-state index < -0.39 is 0 Å². The minimum absolute atomic E-state index is 0.0225. The van der Waals surface area contributed by atoms with Gasteiger partial charge in [0, 0.05) is 38.0 Å². The summed E-state index contributed by atoms with van der Waals surface area (Å²) in [6.45, 7) is 7.71. The molecule has 2 N–H and O–H groups in total. The normalized spacial score (nSPS) is 15.8. The van der Waals surface area contributed by atoms with Gasteiger partial charge in [-0.1, -0.05) is 17.3 Å². The number of carbonyl (C=O) groups is 1. The van der Waals surface area contributed by atoms with Gasteiger partial charge in [-0.25, -0.2) is 14.6 Å². The number of benzene rings is 1.